The van der Waals surface area contributed by atoms with Gasteiger partial charge in [-0.1, -0.05) is 24.3 Å². The first-order valence-electron chi connectivity index (χ1n) is 10.5. The van der Waals surface area contributed by atoms with Crippen LogP contribution in [0.5, 0.6) is 11.5 Å². The molecule has 3 rings (SSSR count). The molecule has 0 aliphatic rings. The Bertz CT molecular complexity index is 1200. The van der Waals surface area contributed by atoms with Crippen LogP contribution in [0.4, 0.5) is 24.5 Å². The van der Waals surface area contributed by atoms with Gasteiger partial charge in [-0.25, -0.2) is 0 Å². The van der Waals surface area contributed by atoms with Gasteiger partial charge < -0.3 is 14.4 Å². The molecule has 0 radical (unpaired) electrons. The second kappa shape index (κ2) is 10.9. The molecule has 3 aromatic rings. The van der Waals surface area contributed by atoms with Gasteiger partial charge in [0, 0.05) is 30.4 Å². The average Bonchev–Trinajstić information content (AvgIpc) is 2.83. The molecule has 7 nitrogen and oxygen atoms in total. The van der Waals surface area contributed by atoms with Crippen molar-refractivity contribution >= 4 is 17.3 Å². The van der Waals surface area contributed by atoms with E-state index in [0.717, 1.165) is 12.1 Å². The number of benzene rings is 3. The maximum absolute atomic E-state index is 13.3. The summed E-state index contributed by atoms with van der Waals surface area (Å²) in [5, 5.41) is 11.1. The van der Waals surface area contributed by atoms with E-state index in [1.165, 1.54) is 49.5 Å². The molecule has 0 fully saturated rings. The van der Waals surface area contributed by atoms with E-state index in [0.29, 0.717) is 28.3 Å². The van der Waals surface area contributed by atoms with E-state index in [2.05, 4.69) is 0 Å². The number of non-ortho nitro benzene ring substituents is 1. The third kappa shape index (κ3) is 6.50. The average molecular weight is 488 g/mol. The molecule has 0 heterocycles. The van der Waals surface area contributed by atoms with Crippen molar-refractivity contribution in [1.82, 2.24) is 0 Å². The molecule has 10 heteroatoms. The molecule has 0 aliphatic carbocycles. The molecule has 0 unspecified atom stereocenters. The van der Waals surface area contributed by atoms with Gasteiger partial charge in [0.1, 0.15) is 0 Å². The number of anilines is 1. The Labute approximate surface area is 199 Å². The first-order chi connectivity index (χ1) is 16.6. The molecule has 0 bridgehead atoms. The van der Waals surface area contributed by atoms with Crippen molar-refractivity contribution in [2.24, 2.45) is 0 Å². The fourth-order valence-corrected chi connectivity index (χ4v) is 3.54. The third-order valence-corrected chi connectivity index (χ3v) is 5.36. The highest BCUT2D eigenvalue weighted by atomic mass is 19.4. The molecule has 1 amide bonds. The van der Waals surface area contributed by atoms with Crippen molar-refractivity contribution in [2.45, 2.75) is 19.0 Å². The number of nitro groups is 1. The predicted octanol–water partition coefficient (Wildman–Crippen LogP) is 5.45. The van der Waals surface area contributed by atoms with Gasteiger partial charge in [-0.2, -0.15) is 13.2 Å². The van der Waals surface area contributed by atoms with Crippen LogP contribution >= 0.6 is 0 Å². The molecule has 0 aromatic heterocycles. The monoisotopic (exact) mass is 488 g/mol. The van der Waals surface area contributed by atoms with Crippen LogP contribution in [0.15, 0.2) is 66.7 Å². The van der Waals surface area contributed by atoms with Crippen molar-refractivity contribution < 1.29 is 32.4 Å². The van der Waals surface area contributed by atoms with E-state index < -0.39 is 16.7 Å². The summed E-state index contributed by atoms with van der Waals surface area (Å²) in [5.41, 5.74) is 0.693. The number of alkyl halides is 3. The van der Waals surface area contributed by atoms with Crippen LogP contribution in [0, 0.1) is 10.1 Å². The number of carbonyl (C=O) groups excluding carboxylic acids is 1. The highest BCUT2D eigenvalue weighted by Gasteiger charge is 2.30. The van der Waals surface area contributed by atoms with E-state index in [1.807, 2.05) is 0 Å². The quantitative estimate of drug-likeness (QED) is 0.296. The molecule has 0 spiro atoms. The first-order valence-corrected chi connectivity index (χ1v) is 10.5. The zero-order valence-electron chi connectivity index (χ0n) is 19.0. The molecule has 0 saturated carbocycles. The van der Waals surface area contributed by atoms with Crippen LogP contribution in [0.2, 0.25) is 0 Å². The van der Waals surface area contributed by atoms with Crippen molar-refractivity contribution in [3.8, 4) is 11.5 Å². The standard InChI is InChI=1S/C25H23F3N2O5/c1-34-22-11-10-20(16-23(22)35-2)29(13-12-17-6-8-19(9-7-17)25(26,27)28)24(31)15-18-4-3-5-21(14-18)30(32)33/h3-11,14,16H,12-13,15H2,1-2H3. The summed E-state index contributed by atoms with van der Waals surface area (Å²) in [5.74, 6) is 0.516. The minimum absolute atomic E-state index is 0.108. The lowest BCUT2D eigenvalue weighted by molar-refractivity contribution is -0.384. The number of hydrogen-bond donors (Lipinski definition) is 0. The van der Waals surface area contributed by atoms with Gasteiger partial charge in [0.2, 0.25) is 5.91 Å². The van der Waals surface area contributed by atoms with Gasteiger partial charge in [0.05, 0.1) is 31.1 Å². The van der Waals surface area contributed by atoms with Crippen LogP contribution < -0.4 is 14.4 Å². The molecule has 0 N–H and O–H groups in total. The van der Waals surface area contributed by atoms with Crippen LogP contribution in [0.1, 0.15) is 16.7 Å². The number of rotatable bonds is 9. The third-order valence-electron chi connectivity index (χ3n) is 5.36. The number of carbonyl (C=O) groups is 1. The number of amides is 1. The van der Waals surface area contributed by atoms with Crippen LogP contribution in [-0.2, 0) is 23.8 Å². The lowest BCUT2D eigenvalue weighted by Gasteiger charge is -2.24. The first kappa shape index (κ1) is 25.5. The maximum atomic E-state index is 13.3. The zero-order chi connectivity index (χ0) is 25.6. The molecular formula is C25H23F3N2O5. The molecule has 0 aliphatic heterocycles. The van der Waals surface area contributed by atoms with Gasteiger partial charge in [-0.15, -0.1) is 0 Å². The molecule has 0 atom stereocenters. The predicted molar refractivity (Wildman–Crippen MR) is 124 cm³/mol. The van der Waals surface area contributed by atoms with E-state index in [-0.39, 0.29) is 31.0 Å². The molecule has 0 saturated heterocycles. The van der Waals surface area contributed by atoms with Gasteiger partial charge in [-0.3, -0.25) is 14.9 Å². The van der Waals surface area contributed by atoms with E-state index >= 15 is 0 Å². The fraction of sp³-hybridized carbons (Fsp3) is 0.240. The van der Waals surface area contributed by atoms with Crippen molar-refractivity contribution in [2.75, 3.05) is 25.7 Å². The Hall–Kier alpha value is -4.08. The molecular weight excluding hydrogens is 465 g/mol. The largest absolute Gasteiger partial charge is 0.493 e. The number of hydrogen-bond acceptors (Lipinski definition) is 5. The smallest absolute Gasteiger partial charge is 0.416 e. The summed E-state index contributed by atoms with van der Waals surface area (Å²) in [7, 11) is 2.94. The summed E-state index contributed by atoms with van der Waals surface area (Å²) in [6.07, 6.45) is -4.26. The van der Waals surface area contributed by atoms with Crippen molar-refractivity contribution in [3.63, 3.8) is 0 Å². The lowest BCUT2D eigenvalue weighted by Crippen LogP contribution is -2.34. The van der Waals surface area contributed by atoms with Gasteiger partial charge in [0.25, 0.3) is 5.69 Å². The maximum Gasteiger partial charge on any atom is 0.416 e. The number of methoxy groups -OCH3 is 2. The summed E-state index contributed by atoms with van der Waals surface area (Å²) in [6, 6.07) is 15.5. The summed E-state index contributed by atoms with van der Waals surface area (Å²) in [4.78, 5) is 25.3. The molecule has 35 heavy (non-hydrogen) atoms. The Morgan fingerprint density at radius 3 is 2.23 bits per heavy atom. The van der Waals surface area contributed by atoms with E-state index in [9.17, 15) is 28.1 Å². The second-order valence-electron chi connectivity index (χ2n) is 7.63. The fourth-order valence-electron chi connectivity index (χ4n) is 3.54. The van der Waals surface area contributed by atoms with Crippen LogP contribution in [0.25, 0.3) is 0 Å². The molecule has 3 aromatic carbocycles. The van der Waals surface area contributed by atoms with E-state index in [4.69, 9.17) is 9.47 Å². The van der Waals surface area contributed by atoms with E-state index in [1.54, 1.807) is 24.3 Å². The van der Waals surface area contributed by atoms with Gasteiger partial charge >= 0.3 is 6.18 Å². The Morgan fingerprint density at radius 1 is 0.943 bits per heavy atom. The van der Waals surface area contributed by atoms with Gasteiger partial charge in [-0.05, 0) is 41.8 Å². The second-order valence-corrected chi connectivity index (χ2v) is 7.63. The highest BCUT2D eigenvalue weighted by molar-refractivity contribution is 5.95. The summed E-state index contributed by atoms with van der Waals surface area (Å²) < 4.78 is 49.2. The number of halogens is 3. The number of nitro benzene ring substituents is 1. The molecule has 184 valence electrons. The normalized spacial score (nSPS) is 11.1. The zero-order valence-corrected chi connectivity index (χ0v) is 19.0. The highest BCUT2D eigenvalue weighted by Crippen LogP contribution is 2.32. The van der Waals surface area contributed by atoms with Crippen molar-refractivity contribution in [3.05, 3.63) is 93.5 Å². The van der Waals surface area contributed by atoms with Crippen LogP contribution in [-0.4, -0.2) is 31.6 Å². The number of ether oxygens (including phenoxy) is 2. The lowest BCUT2D eigenvalue weighted by atomic mass is 10.1. The number of nitrogens with zero attached hydrogens (tertiary/aromatic N) is 2. The summed E-state index contributed by atoms with van der Waals surface area (Å²) in [6.45, 7) is 0.161. The Balaban J connectivity index is 1.87. The minimum atomic E-state index is -4.43. The van der Waals surface area contributed by atoms with Crippen LogP contribution in [0.3, 0.4) is 0 Å². The SMILES string of the molecule is COc1ccc(N(CCc2ccc(C(F)(F)F)cc2)C(=O)Cc2cccc([N+](=O)[O-])c2)cc1OC. The van der Waals surface area contributed by atoms with Gasteiger partial charge in [0.15, 0.2) is 11.5 Å². The topological polar surface area (TPSA) is 81.9 Å². The minimum Gasteiger partial charge on any atom is -0.493 e. The Morgan fingerprint density at radius 2 is 1.63 bits per heavy atom. The van der Waals surface area contributed by atoms with Crippen molar-refractivity contribution in [1.29, 1.82) is 0 Å². The Kier molecular flexibility index (Phi) is 7.95. The summed E-state index contributed by atoms with van der Waals surface area (Å²) >= 11 is 0.